The SMILES string of the molecule is COc1ccc(OCCNC(=O)c2ccccc2SCc2ccccc2)cc1. The highest BCUT2D eigenvalue weighted by atomic mass is 32.2. The number of hydrogen-bond acceptors (Lipinski definition) is 4. The minimum atomic E-state index is -0.0884. The number of methoxy groups -OCH3 is 1. The van der Waals surface area contributed by atoms with Gasteiger partial charge in [0.25, 0.3) is 5.91 Å². The second-order valence-electron chi connectivity index (χ2n) is 6.05. The minimum absolute atomic E-state index is 0.0884. The molecular weight excluding hydrogens is 370 g/mol. The lowest BCUT2D eigenvalue weighted by atomic mass is 10.2. The molecule has 4 nitrogen and oxygen atoms in total. The number of nitrogens with one attached hydrogen (secondary N) is 1. The summed E-state index contributed by atoms with van der Waals surface area (Å²) in [6.45, 7) is 0.833. The van der Waals surface area contributed by atoms with Crippen LogP contribution in [0, 0.1) is 0 Å². The van der Waals surface area contributed by atoms with Gasteiger partial charge in [-0.1, -0.05) is 42.5 Å². The maximum atomic E-state index is 12.6. The third-order valence-corrected chi connectivity index (χ3v) is 5.23. The molecule has 1 N–H and O–H groups in total. The zero-order chi connectivity index (χ0) is 19.6. The van der Waals surface area contributed by atoms with Gasteiger partial charge in [-0.15, -0.1) is 11.8 Å². The second kappa shape index (κ2) is 10.4. The second-order valence-corrected chi connectivity index (χ2v) is 7.07. The summed E-state index contributed by atoms with van der Waals surface area (Å²) in [5.74, 6) is 2.26. The predicted octanol–water partition coefficient (Wildman–Crippen LogP) is 4.80. The van der Waals surface area contributed by atoms with Crippen molar-refractivity contribution in [1.82, 2.24) is 5.32 Å². The zero-order valence-corrected chi connectivity index (χ0v) is 16.6. The Kier molecular flexibility index (Phi) is 7.38. The first kappa shape index (κ1) is 19.8. The van der Waals surface area contributed by atoms with Gasteiger partial charge < -0.3 is 14.8 Å². The van der Waals surface area contributed by atoms with Gasteiger partial charge in [-0.05, 0) is 42.0 Å². The topological polar surface area (TPSA) is 47.6 Å². The molecule has 0 saturated carbocycles. The Bertz CT molecular complexity index is 882. The van der Waals surface area contributed by atoms with E-state index in [1.54, 1.807) is 18.9 Å². The molecule has 0 aliphatic carbocycles. The Balaban J connectivity index is 1.49. The Morgan fingerprint density at radius 2 is 1.57 bits per heavy atom. The standard InChI is InChI=1S/C23H23NO3S/c1-26-19-11-13-20(14-12-19)27-16-15-24-23(25)21-9-5-6-10-22(21)28-17-18-7-3-2-4-8-18/h2-14H,15-17H2,1H3,(H,24,25). The maximum Gasteiger partial charge on any atom is 0.252 e. The number of benzene rings is 3. The molecule has 0 saturated heterocycles. The fourth-order valence-electron chi connectivity index (χ4n) is 2.62. The molecule has 0 heterocycles. The van der Waals surface area contributed by atoms with Crippen molar-refractivity contribution in [3.63, 3.8) is 0 Å². The molecule has 144 valence electrons. The van der Waals surface area contributed by atoms with Gasteiger partial charge in [-0.3, -0.25) is 4.79 Å². The summed E-state index contributed by atoms with van der Waals surface area (Å²) < 4.78 is 10.8. The lowest BCUT2D eigenvalue weighted by Crippen LogP contribution is -2.28. The molecule has 0 spiro atoms. The van der Waals surface area contributed by atoms with E-state index in [4.69, 9.17) is 9.47 Å². The molecule has 28 heavy (non-hydrogen) atoms. The van der Waals surface area contributed by atoms with E-state index in [0.717, 1.165) is 22.1 Å². The molecule has 5 heteroatoms. The third kappa shape index (κ3) is 5.79. The zero-order valence-electron chi connectivity index (χ0n) is 15.8. The summed E-state index contributed by atoms with van der Waals surface area (Å²) in [4.78, 5) is 13.5. The smallest absolute Gasteiger partial charge is 0.252 e. The van der Waals surface area contributed by atoms with Crippen molar-refractivity contribution < 1.29 is 14.3 Å². The molecule has 0 aliphatic rings. The van der Waals surface area contributed by atoms with E-state index in [1.165, 1.54) is 5.56 Å². The fraction of sp³-hybridized carbons (Fsp3) is 0.174. The molecule has 0 radical (unpaired) electrons. The van der Waals surface area contributed by atoms with Gasteiger partial charge in [-0.2, -0.15) is 0 Å². The monoisotopic (exact) mass is 393 g/mol. The van der Waals surface area contributed by atoms with Crippen LogP contribution < -0.4 is 14.8 Å². The molecular formula is C23H23NO3S. The number of carbonyl (C=O) groups is 1. The van der Waals surface area contributed by atoms with Gasteiger partial charge in [0.05, 0.1) is 19.2 Å². The summed E-state index contributed by atoms with van der Waals surface area (Å²) in [5.41, 5.74) is 1.92. The van der Waals surface area contributed by atoms with Gasteiger partial charge in [0, 0.05) is 10.6 Å². The van der Waals surface area contributed by atoms with Crippen LogP contribution >= 0.6 is 11.8 Å². The number of rotatable bonds is 9. The van der Waals surface area contributed by atoms with Gasteiger partial charge in [0.1, 0.15) is 18.1 Å². The summed E-state index contributed by atoms with van der Waals surface area (Å²) in [5, 5.41) is 2.93. The van der Waals surface area contributed by atoms with Crippen LogP contribution in [0.25, 0.3) is 0 Å². The van der Waals surface area contributed by atoms with Gasteiger partial charge >= 0.3 is 0 Å². The summed E-state index contributed by atoms with van der Waals surface area (Å²) in [6.07, 6.45) is 0. The molecule has 3 aromatic carbocycles. The average molecular weight is 394 g/mol. The third-order valence-electron chi connectivity index (χ3n) is 4.08. The Morgan fingerprint density at radius 1 is 0.893 bits per heavy atom. The Labute approximate surface area is 169 Å². The summed E-state index contributed by atoms with van der Waals surface area (Å²) in [7, 11) is 1.63. The molecule has 3 rings (SSSR count). The Morgan fingerprint density at radius 3 is 2.32 bits per heavy atom. The first-order valence-electron chi connectivity index (χ1n) is 9.07. The molecule has 0 aromatic heterocycles. The average Bonchev–Trinajstić information content (AvgIpc) is 2.76. The maximum absolute atomic E-state index is 12.6. The molecule has 1 amide bonds. The van der Waals surface area contributed by atoms with Gasteiger partial charge in [0.15, 0.2) is 0 Å². The van der Waals surface area contributed by atoms with E-state index in [1.807, 2.05) is 66.7 Å². The minimum Gasteiger partial charge on any atom is -0.497 e. The molecule has 0 unspecified atom stereocenters. The van der Waals surface area contributed by atoms with Crippen LogP contribution in [0.5, 0.6) is 11.5 Å². The van der Waals surface area contributed by atoms with Crippen LogP contribution in [0.2, 0.25) is 0 Å². The number of hydrogen-bond donors (Lipinski definition) is 1. The quantitative estimate of drug-likeness (QED) is 0.419. The van der Waals surface area contributed by atoms with E-state index in [9.17, 15) is 4.79 Å². The Hall–Kier alpha value is -2.92. The normalized spacial score (nSPS) is 10.3. The molecule has 0 bridgehead atoms. The first-order chi connectivity index (χ1) is 13.8. The van der Waals surface area contributed by atoms with Crippen molar-refractivity contribution in [2.24, 2.45) is 0 Å². The van der Waals surface area contributed by atoms with Crippen LogP contribution in [-0.2, 0) is 5.75 Å². The predicted molar refractivity (Wildman–Crippen MR) is 113 cm³/mol. The summed E-state index contributed by atoms with van der Waals surface area (Å²) in [6, 6.07) is 25.3. The van der Waals surface area contributed by atoms with Crippen molar-refractivity contribution in [2.45, 2.75) is 10.6 Å². The van der Waals surface area contributed by atoms with E-state index in [0.29, 0.717) is 18.7 Å². The fourth-order valence-corrected chi connectivity index (χ4v) is 3.62. The highest BCUT2D eigenvalue weighted by Crippen LogP contribution is 2.26. The number of carbonyl (C=O) groups excluding carboxylic acids is 1. The summed E-state index contributed by atoms with van der Waals surface area (Å²) >= 11 is 1.66. The van der Waals surface area contributed by atoms with Crippen LogP contribution in [0.4, 0.5) is 0 Å². The van der Waals surface area contributed by atoms with Crippen molar-refractivity contribution in [2.75, 3.05) is 20.3 Å². The van der Waals surface area contributed by atoms with Crippen molar-refractivity contribution in [3.8, 4) is 11.5 Å². The van der Waals surface area contributed by atoms with E-state index >= 15 is 0 Å². The lowest BCUT2D eigenvalue weighted by molar-refractivity contribution is 0.0944. The molecule has 0 fully saturated rings. The van der Waals surface area contributed by atoms with Crippen molar-refractivity contribution in [3.05, 3.63) is 90.0 Å². The molecule has 0 atom stereocenters. The van der Waals surface area contributed by atoms with Gasteiger partial charge in [0.2, 0.25) is 0 Å². The van der Waals surface area contributed by atoms with Crippen LogP contribution in [0.3, 0.4) is 0 Å². The lowest BCUT2D eigenvalue weighted by Gasteiger charge is -2.11. The van der Waals surface area contributed by atoms with Crippen molar-refractivity contribution >= 4 is 17.7 Å². The highest BCUT2D eigenvalue weighted by Gasteiger charge is 2.11. The van der Waals surface area contributed by atoms with Crippen molar-refractivity contribution in [1.29, 1.82) is 0 Å². The highest BCUT2D eigenvalue weighted by molar-refractivity contribution is 7.98. The van der Waals surface area contributed by atoms with E-state index < -0.39 is 0 Å². The molecule has 3 aromatic rings. The number of ether oxygens (including phenoxy) is 2. The number of amides is 1. The van der Waals surface area contributed by atoms with E-state index in [-0.39, 0.29) is 5.91 Å². The van der Waals surface area contributed by atoms with Crippen LogP contribution in [0.15, 0.2) is 83.8 Å². The largest absolute Gasteiger partial charge is 0.497 e. The molecule has 0 aliphatic heterocycles. The van der Waals surface area contributed by atoms with E-state index in [2.05, 4.69) is 17.4 Å². The first-order valence-corrected chi connectivity index (χ1v) is 10.1. The van der Waals surface area contributed by atoms with Crippen LogP contribution in [0.1, 0.15) is 15.9 Å². The van der Waals surface area contributed by atoms with Gasteiger partial charge in [-0.25, -0.2) is 0 Å². The van der Waals surface area contributed by atoms with Crippen LogP contribution in [-0.4, -0.2) is 26.2 Å². The number of thioether (sulfide) groups is 1.